The molecule has 27 heavy (non-hydrogen) atoms. The van der Waals surface area contributed by atoms with Gasteiger partial charge in [-0.15, -0.1) is 0 Å². The molecule has 1 saturated heterocycles. The zero-order chi connectivity index (χ0) is 19.5. The fourth-order valence-electron chi connectivity index (χ4n) is 3.08. The van der Waals surface area contributed by atoms with Crippen LogP contribution in [0.5, 0.6) is 0 Å². The van der Waals surface area contributed by atoms with Crippen LogP contribution in [0, 0.1) is 5.41 Å². The molecule has 0 unspecified atom stereocenters. The highest BCUT2D eigenvalue weighted by Gasteiger charge is 2.38. The van der Waals surface area contributed by atoms with Crippen LogP contribution in [0.25, 0.3) is 11.4 Å². The molecule has 9 heteroatoms. The van der Waals surface area contributed by atoms with Gasteiger partial charge in [0.25, 0.3) is 5.91 Å². The van der Waals surface area contributed by atoms with Crippen LogP contribution in [0.1, 0.15) is 42.4 Å². The minimum Gasteiger partial charge on any atom is -0.381 e. The van der Waals surface area contributed by atoms with Crippen LogP contribution in [0.15, 0.2) is 28.8 Å². The topological polar surface area (TPSA) is 77.3 Å². The van der Waals surface area contributed by atoms with Gasteiger partial charge in [0.05, 0.1) is 0 Å². The molecule has 146 valence electrons. The van der Waals surface area contributed by atoms with Crippen molar-refractivity contribution in [3.8, 4) is 11.4 Å². The molecule has 3 rings (SSSR count). The van der Waals surface area contributed by atoms with E-state index in [2.05, 4.69) is 26.9 Å². The predicted octanol–water partition coefficient (Wildman–Crippen LogP) is 3.69. The van der Waals surface area contributed by atoms with Gasteiger partial charge in [-0.25, -0.2) is 0 Å². The number of nitrogens with one attached hydrogen (secondary N) is 1. The Bertz CT molecular complexity index is 798. The first kappa shape index (κ1) is 19.3. The number of carbonyl (C=O) groups is 1. The van der Waals surface area contributed by atoms with Crippen LogP contribution in [0.2, 0.25) is 0 Å². The second-order valence-electron chi connectivity index (χ2n) is 6.65. The van der Waals surface area contributed by atoms with E-state index >= 15 is 0 Å². The second-order valence-corrected chi connectivity index (χ2v) is 6.65. The van der Waals surface area contributed by atoms with Crippen molar-refractivity contribution in [2.24, 2.45) is 5.41 Å². The number of aromatic nitrogens is 2. The predicted molar refractivity (Wildman–Crippen MR) is 89.8 cm³/mol. The molecular formula is C18H20F3N3O3. The maximum absolute atomic E-state index is 12.6. The molecule has 1 fully saturated rings. The van der Waals surface area contributed by atoms with Crippen molar-refractivity contribution in [1.29, 1.82) is 0 Å². The van der Waals surface area contributed by atoms with Gasteiger partial charge >= 0.3 is 12.1 Å². The largest absolute Gasteiger partial charge is 0.471 e. The maximum atomic E-state index is 12.6. The molecule has 1 aliphatic heterocycles. The molecule has 0 radical (unpaired) electrons. The van der Waals surface area contributed by atoms with Crippen molar-refractivity contribution in [2.75, 3.05) is 19.8 Å². The van der Waals surface area contributed by atoms with Crippen molar-refractivity contribution in [2.45, 2.75) is 32.4 Å². The molecule has 0 saturated carbocycles. The average Bonchev–Trinajstić information content (AvgIpc) is 3.18. The molecule has 1 aromatic heterocycles. The van der Waals surface area contributed by atoms with Gasteiger partial charge in [-0.1, -0.05) is 24.2 Å². The lowest BCUT2D eigenvalue weighted by Crippen LogP contribution is -2.41. The molecular weight excluding hydrogens is 363 g/mol. The number of amides is 1. The molecule has 1 amide bonds. The number of alkyl halides is 3. The Morgan fingerprint density at radius 2 is 2.04 bits per heavy atom. The standard InChI is InChI=1S/C18H20F3N3O3/c1-2-17(6-8-26-9-7-17)11-22-15(25)13-5-3-4-12(10-13)14-23-16(27-24-14)18(19,20)21/h3-5,10H,2,6-9,11H2,1H3,(H,22,25). The summed E-state index contributed by atoms with van der Waals surface area (Å²) in [4.78, 5) is 15.9. The Labute approximate surface area is 154 Å². The van der Waals surface area contributed by atoms with Crippen molar-refractivity contribution in [3.63, 3.8) is 0 Å². The van der Waals surface area contributed by atoms with Crippen LogP contribution in [-0.2, 0) is 10.9 Å². The number of ether oxygens (including phenoxy) is 1. The number of rotatable bonds is 5. The van der Waals surface area contributed by atoms with Gasteiger partial charge in [0.2, 0.25) is 5.82 Å². The summed E-state index contributed by atoms with van der Waals surface area (Å²) in [6.07, 6.45) is -2.02. The van der Waals surface area contributed by atoms with E-state index in [0.29, 0.717) is 25.3 Å². The molecule has 0 bridgehead atoms. The van der Waals surface area contributed by atoms with E-state index in [1.165, 1.54) is 12.1 Å². The fourth-order valence-corrected chi connectivity index (χ4v) is 3.08. The Kier molecular flexibility index (Phi) is 5.50. The summed E-state index contributed by atoms with van der Waals surface area (Å²) >= 11 is 0. The Morgan fingerprint density at radius 3 is 2.67 bits per heavy atom. The van der Waals surface area contributed by atoms with E-state index in [1.807, 2.05) is 0 Å². The summed E-state index contributed by atoms with van der Waals surface area (Å²) in [5.41, 5.74) is 0.614. The van der Waals surface area contributed by atoms with E-state index < -0.39 is 12.1 Å². The van der Waals surface area contributed by atoms with Crippen molar-refractivity contribution in [3.05, 3.63) is 35.7 Å². The van der Waals surface area contributed by atoms with Crippen LogP contribution in [0.3, 0.4) is 0 Å². The van der Waals surface area contributed by atoms with Crippen molar-refractivity contribution in [1.82, 2.24) is 15.5 Å². The Hall–Kier alpha value is -2.42. The number of carbonyl (C=O) groups excluding carboxylic acids is 1. The molecule has 0 aliphatic carbocycles. The third-order valence-electron chi connectivity index (χ3n) is 4.98. The SMILES string of the molecule is CCC1(CNC(=O)c2cccc(-c3noc(C(F)(F)F)n3)c2)CCOCC1. The van der Waals surface area contributed by atoms with Gasteiger partial charge in [0.15, 0.2) is 0 Å². The van der Waals surface area contributed by atoms with E-state index in [1.54, 1.807) is 12.1 Å². The highest BCUT2D eigenvalue weighted by molar-refractivity contribution is 5.95. The molecule has 0 atom stereocenters. The highest BCUT2D eigenvalue weighted by Crippen LogP contribution is 2.33. The van der Waals surface area contributed by atoms with Crippen molar-refractivity contribution >= 4 is 5.91 Å². The molecule has 6 nitrogen and oxygen atoms in total. The van der Waals surface area contributed by atoms with Gasteiger partial charge in [-0.05, 0) is 36.8 Å². The zero-order valence-corrected chi connectivity index (χ0v) is 14.8. The van der Waals surface area contributed by atoms with Crippen LogP contribution in [-0.4, -0.2) is 35.8 Å². The molecule has 1 N–H and O–H groups in total. The summed E-state index contributed by atoms with van der Waals surface area (Å²) in [5.74, 6) is -1.93. The van der Waals surface area contributed by atoms with Gasteiger partial charge in [-0.3, -0.25) is 4.79 Å². The van der Waals surface area contributed by atoms with Crippen LogP contribution in [0.4, 0.5) is 13.2 Å². The van der Waals surface area contributed by atoms with E-state index in [-0.39, 0.29) is 22.7 Å². The van der Waals surface area contributed by atoms with Crippen molar-refractivity contribution < 1.29 is 27.2 Å². The van der Waals surface area contributed by atoms with Gasteiger partial charge in [-0.2, -0.15) is 18.2 Å². The summed E-state index contributed by atoms with van der Waals surface area (Å²) in [6.45, 7) is 3.97. The minimum atomic E-state index is -4.71. The molecule has 0 spiro atoms. The van der Waals surface area contributed by atoms with Crippen LogP contribution >= 0.6 is 0 Å². The van der Waals surface area contributed by atoms with Crippen LogP contribution < -0.4 is 5.32 Å². The third kappa shape index (κ3) is 4.47. The monoisotopic (exact) mass is 383 g/mol. The van der Waals surface area contributed by atoms with E-state index in [4.69, 9.17) is 4.74 Å². The number of halogens is 3. The summed E-state index contributed by atoms with van der Waals surface area (Å²) in [7, 11) is 0. The summed E-state index contributed by atoms with van der Waals surface area (Å²) in [6, 6.07) is 6.13. The minimum absolute atomic E-state index is 0.0147. The normalized spacial score (nSPS) is 16.9. The van der Waals surface area contributed by atoms with E-state index in [0.717, 1.165) is 19.3 Å². The number of benzene rings is 1. The van der Waals surface area contributed by atoms with Gasteiger partial charge in [0, 0.05) is 30.9 Å². The molecule has 2 heterocycles. The average molecular weight is 383 g/mol. The number of nitrogens with zero attached hydrogens (tertiary/aromatic N) is 2. The maximum Gasteiger partial charge on any atom is 0.471 e. The summed E-state index contributed by atoms with van der Waals surface area (Å²) < 4.78 is 47.4. The smallest absolute Gasteiger partial charge is 0.381 e. The first-order chi connectivity index (χ1) is 12.8. The third-order valence-corrected chi connectivity index (χ3v) is 4.98. The number of hydrogen-bond donors (Lipinski definition) is 1. The Morgan fingerprint density at radius 1 is 1.30 bits per heavy atom. The first-order valence-electron chi connectivity index (χ1n) is 8.70. The lowest BCUT2D eigenvalue weighted by molar-refractivity contribution is -0.159. The Balaban J connectivity index is 1.71. The zero-order valence-electron chi connectivity index (χ0n) is 14.8. The fraction of sp³-hybridized carbons (Fsp3) is 0.500. The lowest BCUT2D eigenvalue weighted by Gasteiger charge is -2.36. The molecule has 1 aromatic carbocycles. The highest BCUT2D eigenvalue weighted by atomic mass is 19.4. The first-order valence-corrected chi connectivity index (χ1v) is 8.70. The summed E-state index contributed by atoms with van der Waals surface area (Å²) in [5, 5.41) is 6.28. The second kappa shape index (κ2) is 7.67. The molecule has 2 aromatic rings. The molecule has 1 aliphatic rings. The van der Waals surface area contributed by atoms with E-state index in [9.17, 15) is 18.0 Å². The number of hydrogen-bond acceptors (Lipinski definition) is 5. The quantitative estimate of drug-likeness (QED) is 0.852. The van der Waals surface area contributed by atoms with Gasteiger partial charge < -0.3 is 14.6 Å². The van der Waals surface area contributed by atoms with Gasteiger partial charge in [0.1, 0.15) is 0 Å². The lowest BCUT2D eigenvalue weighted by atomic mass is 9.78.